The molecule has 0 radical (unpaired) electrons. The highest BCUT2D eigenvalue weighted by molar-refractivity contribution is 6.03. The molecule has 1 amide bonds. The van der Waals surface area contributed by atoms with Gasteiger partial charge in [0, 0.05) is 5.56 Å². The second-order valence-electron chi connectivity index (χ2n) is 4.63. The van der Waals surface area contributed by atoms with E-state index in [9.17, 15) is 4.79 Å². The van der Waals surface area contributed by atoms with E-state index < -0.39 is 5.91 Å². The van der Waals surface area contributed by atoms with Crippen LogP contribution in [0.15, 0.2) is 17.1 Å². The molecule has 104 valence electrons. The normalized spacial score (nSPS) is 20.2. The Bertz CT molecular complexity index is 653. The second kappa shape index (κ2) is 5.25. The van der Waals surface area contributed by atoms with Crippen molar-refractivity contribution in [3.05, 3.63) is 28.8 Å². The minimum absolute atomic E-state index is 0.0657. The lowest BCUT2D eigenvalue weighted by Crippen LogP contribution is -2.29. The summed E-state index contributed by atoms with van der Waals surface area (Å²) in [6, 6.07) is 3.35. The Labute approximate surface area is 118 Å². The molecule has 5 nitrogen and oxygen atoms in total. The second-order valence-corrected chi connectivity index (χ2v) is 4.63. The van der Waals surface area contributed by atoms with Gasteiger partial charge in [-0.3, -0.25) is 9.79 Å². The van der Waals surface area contributed by atoms with E-state index in [4.69, 9.17) is 16.2 Å². The molecule has 0 aromatic heterocycles. The highest BCUT2D eigenvalue weighted by Gasteiger charge is 2.28. The van der Waals surface area contributed by atoms with Gasteiger partial charge < -0.3 is 16.2 Å². The third-order valence-corrected chi connectivity index (χ3v) is 3.37. The molecule has 2 rings (SSSR count). The van der Waals surface area contributed by atoms with Crippen molar-refractivity contribution in [2.45, 2.75) is 25.8 Å². The molecule has 0 bridgehead atoms. The number of amidine groups is 1. The number of nitrogens with zero attached hydrogens (tertiary/aromatic N) is 1. The van der Waals surface area contributed by atoms with Gasteiger partial charge in [-0.05, 0) is 31.5 Å². The van der Waals surface area contributed by atoms with E-state index in [2.05, 4.69) is 16.8 Å². The van der Waals surface area contributed by atoms with E-state index in [1.807, 2.05) is 6.92 Å². The molecule has 0 saturated heterocycles. The number of amides is 1. The van der Waals surface area contributed by atoms with E-state index in [0.29, 0.717) is 17.1 Å². The van der Waals surface area contributed by atoms with Crippen molar-refractivity contribution >= 4 is 11.7 Å². The number of nitrogens with two attached hydrogens (primary N) is 2. The predicted octanol–water partition coefficient (Wildman–Crippen LogP) is 1.01. The molecule has 1 aliphatic heterocycles. The fourth-order valence-electron chi connectivity index (χ4n) is 2.41. The molecule has 1 aromatic rings. The quantitative estimate of drug-likeness (QED) is 0.786. The molecule has 0 fully saturated rings. The summed E-state index contributed by atoms with van der Waals surface area (Å²) in [5, 5.41) is 0. The van der Waals surface area contributed by atoms with Gasteiger partial charge in [-0.1, -0.05) is 5.92 Å². The molecule has 20 heavy (non-hydrogen) atoms. The molecule has 0 aliphatic carbocycles. The lowest BCUT2D eigenvalue weighted by atomic mass is 9.85. The Kier molecular flexibility index (Phi) is 3.66. The van der Waals surface area contributed by atoms with Crippen LogP contribution in [0.3, 0.4) is 0 Å². The van der Waals surface area contributed by atoms with Crippen LogP contribution in [0.5, 0.6) is 5.75 Å². The van der Waals surface area contributed by atoms with Gasteiger partial charge in [0.15, 0.2) is 0 Å². The number of fused-ring (bicyclic) bond motifs is 1. The number of hydrogen-bond donors (Lipinski definition) is 2. The molecular formula is C15H17N3O2. The van der Waals surface area contributed by atoms with Gasteiger partial charge in [-0.15, -0.1) is 5.92 Å². The van der Waals surface area contributed by atoms with Crippen LogP contribution in [0, 0.1) is 11.8 Å². The molecule has 1 aromatic carbocycles. The van der Waals surface area contributed by atoms with Gasteiger partial charge in [0.25, 0.3) is 5.91 Å². The van der Waals surface area contributed by atoms with Gasteiger partial charge in [-0.25, -0.2) is 0 Å². The van der Waals surface area contributed by atoms with Gasteiger partial charge in [-0.2, -0.15) is 0 Å². The van der Waals surface area contributed by atoms with E-state index in [0.717, 1.165) is 11.1 Å². The van der Waals surface area contributed by atoms with Gasteiger partial charge in [0.2, 0.25) is 0 Å². The average Bonchev–Trinajstić information content (AvgIpc) is 2.41. The minimum atomic E-state index is -0.540. The Morgan fingerprint density at radius 2 is 2.15 bits per heavy atom. The summed E-state index contributed by atoms with van der Waals surface area (Å²) in [6.45, 7) is 3.71. The molecule has 2 unspecified atom stereocenters. The standard InChI is InChI=1S/C15H17N3O2/c1-4-5-9-8(2)18-14(16)11-7-13(20-3)12(15(17)19)6-10(9)11/h6-9H,1-3H3,(H2,16,18)(H2,17,19). The molecule has 5 heteroatoms. The number of benzene rings is 1. The maximum Gasteiger partial charge on any atom is 0.252 e. The van der Waals surface area contributed by atoms with Crippen molar-refractivity contribution in [2.75, 3.05) is 7.11 Å². The van der Waals surface area contributed by atoms with Crippen LogP contribution in [0.25, 0.3) is 0 Å². The summed E-state index contributed by atoms with van der Waals surface area (Å²) >= 11 is 0. The first kappa shape index (κ1) is 13.9. The first-order chi connectivity index (χ1) is 9.49. The van der Waals surface area contributed by atoms with E-state index in [1.54, 1.807) is 19.1 Å². The summed E-state index contributed by atoms with van der Waals surface area (Å²) in [5.41, 5.74) is 13.3. The Balaban J connectivity index is 2.72. The molecular weight excluding hydrogens is 254 g/mol. The van der Waals surface area contributed by atoms with Crippen LogP contribution < -0.4 is 16.2 Å². The zero-order valence-corrected chi connectivity index (χ0v) is 11.7. The Hall–Kier alpha value is -2.48. The van der Waals surface area contributed by atoms with Crippen molar-refractivity contribution in [3.63, 3.8) is 0 Å². The monoisotopic (exact) mass is 271 g/mol. The van der Waals surface area contributed by atoms with Crippen LogP contribution in [0.1, 0.15) is 41.3 Å². The number of ether oxygens (including phenoxy) is 1. The third-order valence-electron chi connectivity index (χ3n) is 3.37. The Morgan fingerprint density at radius 3 is 2.70 bits per heavy atom. The molecule has 0 saturated carbocycles. The van der Waals surface area contributed by atoms with Crippen molar-refractivity contribution in [3.8, 4) is 17.6 Å². The van der Waals surface area contributed by atoms with Crippen molar-refractivity contribution < 1.29 is 9.53 Å². The number of primary amides is 1. The SMILES string of the molecule is CC#CC1c2cc(C(N)=O)c(OC)cc2C(N)=NC1C. The molecule has 1 heterocycles. The van der Waals surface area contributed by atoms with Crippen LogP contribution in [-0.4, -0.2) is 24.9 Å². The summed E-state index contributed by atoms with van der Waals surface area (Å²) in [4.78, 5) is 15.9. The summed E-state index contributed by atoms with van der Waals surface area (Å²) in [7, 11) is 1.48. The van der Waals surface area contributed by atoms with Crippen molar-refractivity contribution in [1.82, 2.24) is 0 Å². The highest BCUT2D eigenvalue weighted by Crippen LogP contribution is 2.34. The molecule has 0 spiro atoms. The molecule has 4 N–H and O–H groups in total. The van der Waals surface area contributed by atoms with Crippen molar-refractivity contribution in [2.24, 2.45) is 16.5 Å². The van der Waals surface area contributed by atoms with Crippen molar-refractivity contribution in [1.29, 1.82) is 0 Å². The number of aliphatic imine (C=N–C) groups is 1. The fraction of sp³-hybridized carbons (Fsp3) is 0.333. The lowest BCUT2D eigenvalue weighted by molar-refractivity contribution is 0.0997. The minimum Gasteiger partial charge on any atom is -0.496 e. The van der Waals surface area contributed by atoms with E-state index in [1.165, 1.54) is 7.11 Å². The first-order valence-corrected chi connectivity index (χ1v) is 6.27. The number of carbonyl (C=O) groups excluding carboxylic acids is 1. The van der Waals surface area contributed by atoms with Gasteiger partial charge >= 0.3 is 0 Å². The zero-order valence-electron chi connectivity index (χ0n) is 11.7. The predicted molar refractivity (Wildman–Crippen MR) is 77.9 cm³/mol. The smallest absolute Gasteiger partial charge is 0.252 e. The fourth-order valence-corrected chi connectivity index (χ4v) is 2.41. The number of methoxy groups -OCH3 is 1. The van der Waals surface area contributed by atoms with Crippen LogP contribution in [0.4, 0.5) is 0 Å². The largest absolute Gasteiger partial charge is 0.496 e. The summed E-state index contributed by atoms with van der Waals surface area (Å²) in [5.74, 6) is 6.18. The molecule has 1 aliphatic rings. The molecule has 2 atom stereocenters. The Morgan fingerprint density at radius 1 is 1.45 bits per heavy atom. The maximum absolute atomic E-state index is 11.5. The third kappa shape index (κ3) is 2.21. The topological polar surface area (TPSA) is 90.7 Å². The van der Waals surface area contributed by atoms with Crippen LogP contribution in [0.2, 0.25) is 0 Å². The zero-order chi connectivity index (χ0) is 14.9. The van der Waals surface area contributed by atoms with Gasteiger partial charge in [0.1, 0.15) is 11.6 Å². The van der Waals surface area contributed by atoms with Crippen LogP contribution in [-0.2, 0) is 0 Å². The van der Waals surface area contributed by atoms with Gasteiger partial charge in [0.05, 0.1) is 24.6 Å². The number of rotatable bonds is 2. The van der Waals surface area contributed by atoms with E-state index >= 15 is 0 Å². The van der Waals surface area contributed by atoms with E-state index in [-0.39, 0.29) is 12.0 Å². The van der Waals surface area contributed by atoms with Crippen LogP contribution >= 0.6 is 0 Å². The maximum atomic E-state index is 11.5. The summed E-state index contributed by atoms with van der Waals surface area (Å²) < 4.78 is 5.20. The highest BCUT2D eigenvalue weighted by atomic mass is 16.5. The first-order valence-electron chi connectivity index (χ1n) is 6.27. The number of carbonyl (C=O) groups is 1. The lowest BCUT2D eigenvalue weighted by Gasteiger charge is -2.26. The summed E-state index contributed by atoms with van der Waals surface area (Å²) in [6.07, 6.45) is 0. The number of hydrogen-bond acceptors (Lipinski definition) is 4. The average molecular weight is 271 g/mol.